The van der Waals surface area contributed by atoms with Gasteiger partial charge in [-0.15, -0.1) is 0 Å². The van der Waals surface area contributed by atoms with Crippen LogP contribution in [0.4, 0.5) is 5.69 Å². The first-order valence-electron chi connectivity index (χ1n) is 7.13. The fraction of sp³-hybridized carbons (Fsp3) is 0.176. The summed E-state index contributed by atoms with van der Waals surface area (Å²) < 4.78 is 1.18. The first-order chi connectivity index (χ1) is 10.5. The molecule has 1 aromatic heterocycles. The van der Waals surface area contributed by atoms with Crippen LogP contribution in [0.3, 0.4) is 0 Å². The van der Waals surface area contributed by atoms with Crippen LogP contribution in [0.25, 0.3) is 11.0 Å². The molecule has 1 heterocycles. The quantitative estimate of drug-likeness (QED) is 0.728. The number of aryl methyl sites for hydroxylation is 2. The highest BCUT2D eigenvalue weighted by Gasteiger charge is 2.14. The molecule has 0 saturated carbocycles. The SMILES string of the molecule is Cc1ccc(CCC(=O)n2c(=O)[nH]c3cc(N)ccc32)cc1. The summed E-state index contributed by atoms with van der Waals surface area (Å²) in [5, 5.41) is 0. The van der Waals surface area contributed by atoms with Gasteiger partial charge in [0.15, 0.2) is 0 Å². The zero-order valence-corrected chi connectivity index (χ0v) is 12.3. The molecule has 2 aromatic carbocycles. The van der Waals surface area contributed by atoms with Crippen molar-refractivity contribution in [2.45, 2.75) is 19.8 Å². The summed E-state index contributed by atoms with van der Waals surface area (Å²) in [4.78, 5) is 27.0. The van der Waals surface area contributed by atoms with Gasteiger partial charge in [-0.2, -0.15) is 0 Å². The number of benzene rings is 2. The Kier molecular flexibility index (Phi) is 3.55. The Morgan fingerprint density at radius 1 is 1.18 bits per heavy atom. The standard InChI is InChI=1S/C17H17N3O2/c1-11-2-4-12(5-3-11)6-9-16(21)20-15-8-7-13(18)10-14(15)19-17(20)22/h2-5,7-8,10H,6,9,18H2,1H3,(H,19,22). The molecule has 0 unspecified atom stereocenters. The topological polar surface area (TPSA) is 80.9 Å². The number of nitrogens with zero attached hydrogens (tertiary/aromatic N) is 1. The number of hydrogen-bond acceptors (Lipinski definition) is 3. The molecule has 3 rings (SSSR count). The number of aromatic amines is 1. The number of hydrogen-bond donors (Lipinski definition) is 2. The van der Waals surface area contributed by atoms with Crippen LogP contribution in [0.2, 0.25) is 0 Å². The number of nitrogens with one attached hydrogen (secondary N) is 1. The van der Waals surface area contributed by atoms with Crippen LogP contribution >= 0.6 is 0 Å². The van der Waals surface area contributed by atoms with Crippen molar-refractivity contribution in [1.82, 2.24) is 9.55 Å². The van der Waals surface area contributed by atoms with E-state index in [1.165, 1.54) is 10.1 Å². The van der Waals surface area contributed by atoms with Crippen molar-refractivity contribution in [1.29, 1.82) is 0 Å². The van der Waals surface area contributed by atoms with Crippen molar-refractivity contribution in [2.24, 2.45) is 0 Å². The van der Waals surface area contributed by atoms with Crippen molar-refractivity contribution in [3.63, 3.8) is 0 Å². The summed E-state index contributed by atoms with van der Waals surface area (Å²) in [6.45, 7) is 2.02. The number of anilines is 1. The van der Waals surface area contributed by atoms with Gasteiger partial charge in [0.2, 0.25) is 5.91 Å². The third-order valence-corrected chi connectivity index (χ3v) is 3.70. The summed E-state index contributed by atoms with van der Waals surface area (Å²) in [5.41, 5.74) is 9.22. The van der Waals surface area contributed by atoms with Crippen molar-refractivity contribution in [3.8, 4) is 0 Å². The van der Waals surface area contributed by atoms with E-state index >= 15 is 0 Å². The normalized spacial score (nSPS) is 11.0. The molecule has 5 heteroatoms. The average molecular weight is 295 g/mol. The molecule has 0 fully saturated rings. The van der Waals surface area contributed by atoms with Crippen LogP contribution < -0.4 is 11.4 Å². The summed E-state index contributed by atoms with van der Waals surface area (Å²) >= 11 is 0. The van der Waals surface area contributed by atoms with E-state index in [0.717, 1.165) is 5.56 Å². The summed E-state index contributed by atoms with van der Waals surface area (Å²) in [6, 6.07) is 13.1. The van der Waals surface area contributed by atoms with Crippen LogP contribution in [-0.2, 0) is 6.42 Å². The highest BCUT2D eigenvalue weighted by Crippen LogP contribution is 2.15. The summed E-state index contributed by atoms with van der Waals surface area (Å²) in [7, 11) is 0. The second-order valence-electron chi connectivity index (χ2n) is 5.42. The van der Waals surface area contributed by atoms with Crippen LogP contribution in [0.15, 0.2) is 47.3 Å². The number of fused-ring (bicyclic) bond motifs is 1. The van der Waals surface area contributed by atoms with E-state index in [9.17, 15) is 9.59 Å². The number of aromatic nitrogens is 2. The third kappa shape index (κ3) is 2.65. The number of nitrogen functional groups attached to an aromatic ring is 1. The number of H-pyrrole nitrogens is 1. The van der Waals surface area contributed by atoms with Gasteiger partial charge in [-0.3, -0.25) is 4.79 Å². The van der Waals surface area contributed by atoms with Crippen LogP contribution in [0.1, 0.15) is 22.3 Å². The molecule has 0 amide bonds. The smallest absolute Gasteiger partial charge is 0.333 e. The maximum absolute atomic E-state index is 12.4. The van der Waals surface area contributed by atoms with E-state index in [1.807, 2.05) is 31.2 Å². The van der Waals surface area contributed by atoms with E-state index < -0.39 is 5.69 Å². The van der Waals surface area contributed by atoms with Crippen molar-refractivity contribution in [2.75, 3.05) is 5.73 Å². The first-order valence-corrected chi connectivity index (χ1v) is 7.13. The van der Waals surface area contributed by atoms with Gasteiger partial charge in [0.25, 0.3) is 0 Å². The lowest BCUT2D eigenvalue weighted by Gasteiger charge is -2.04. The second-order valence-corrected chi connectivity index (χ2v) is 5.42. The number of rotatable bonds is 3. The van der Waals surface area contributed by atoms with Crippen molar-refractivity contribution < 1.29 is 4.79 Å². The number of imidazole rings is 1. The fourth-order valence-electron chi connectivity index (χ4n) is 2.49. The molecule has 0 saturated heterocycles. The molecule has 5 nitrogen and oxygen atoms in total. The van der Waals surface area contributed by atoms with Gasteiger partial charge in [-0.25, -0.2) is 9.36 Å². The molecule has 3 aromatic rings. The van der Waals surface area contributed by atoms with Crippen molar-refractivity contribution in [3.05, 3.63) is 64.1 Å². The van der Waals surface area contributed by atoms with E-state index in [1.54, 1.807) is 18.2 Å². The molecule has 112 valence electrons. The fourth-order valence-corrected chi connectivity index (χ4v) is 2.49. The number of carbonyl (C=O) groups excluding carboxylic acids is 1. The van der Waals surface area contributed by atoms with E-state index in [0.29, 0.717) is 23.1 Å². The summed E-state index contributed by atoms with van der Waals surface area (Å²) in [5.74, 6) is -0.221. The zero-order valence-electron chi connectivity index (χ0n) is 12.3. The maximum Gasteiger partial charge on any atom is 0.333 e. The predicted octanol–water partition coefficient (Wildman–Crippen LogP) is 2.49. The van der Waals surface area contributed by atoms with Gasteiger partial charge in [-0.1, -0.05) is 29.8 Å². The Bertz CT molecular complexity index is 888. The minimum Gasteiger partial charge on any atom is -0.399 e. The molecule has 0 aliphatic heterocycles. The molecule has 0 spiro atoms. The monoisotopic (exact) mass is 295 g/mol. The zero-order chi connectivity index (χ0) is 15.7. The Balaban J connectivity index is 1.84. The maximum atomic E-state index is 12.4. The molecule has 0 radical (unpaired) electrons. The van der Waals surface area contributed by atoms with E-state index in [-0.39, 0.29) is 12.3 Å². The number of carbonyl (C=O) groups is 1. The highest BCUT2D eigenvalue weighted by molar-refractivity contribution is 5.91. The Morgan fingerprint density at radius 3 is 2.64 bits per heavy atom. The van der Waals surface area contributed by atoms with E-state index in [4.69, 9.17) is 5.73 Å². The average Bonchev–Trinajstić information content (AvgIpc) is 2.81. The van der Waals surface area contributed by atoms with Gasteiger partial charge in [0.1, 0.15) is 0 Å². The molecule has 0 bridgehead atoms. The van der Waals surface area contributed by atoms with Gasteiger partial charge >= 0.3 is 5.69 Å². The van der Waals surface area contributed by atoms with Gasteiger partial charge in [0.05, 0.1) is 11.0 Å². The lowest BCUT2D eigenvalue weighted by atomic mass is 10.1. The summed E-state index contributed by atoms with van der Waals surface area (Å²) in [6.07, 6.45) is 0.882. The first kappa shape index (κ1) is 14.1. The van der Waals surface area contributed by atoms with Gasteiger partial charge in [-0.05, 0) is 37.1 Å². The molecule has 0 atom stereocenters. The lowest BCUT2D eigenvalue weighted by molar-refractivity contribution is 0.0904. The van der Waals surface area contributed by atoms with E-state index in [2.05, 4.69) is 4.98 Å². The third-order valence-electron chi connectivity index (χ3n) is 3.70. The Labute approximate surface area is 127 Å². The van der Waals surface area contributed by atoms with Crippen LogP contribution in [0.5, 0.6) is 0 Å². The van der Waals surface area contributed by atoms with Gasteiger partial charge in [0, 0.05) is 12.1 Å². The Hall–Kier alpha value is -2.82. The molecule has 3 N–H and O–H groups in total. The molecular weight excluding hydrogens is 278 g/mol. The second kappa shape index (κ2) is 5.52. The van der Waals surface area contributed by atoms with Crippen molar-refractivity contribution >= 4 is 22.6 Å². The Morgan fingerprint density at radius 2 is 1.91 bits per heavy atom. The predicted molar refractivity (Wildman–Crippen MR) is 87.1 cm³/mol. The van der Waals surface area contributed by atoms with Crippen LogP contribution in [0, 0.1) is 6.92 Å². The lowest BCUT2D eigenvalue weighted by Crippen LogP contribution is -2.24. The largest absolute Gasteiger partial charge is 0.399 e. The highest BCUT2D eigenvalue weighted by atomic mass is 16.2. The number of nitrogens with two attached hydrogens (primary N) is 1. The van der Waals surface area contributed by atoms with Gasteiger partial charge < -0.3 is 10.7 Å². The minimum atomic E-state index is -0.422. The van der Waals surface area contributed by atoms with Crippen LogP contribution in [-0.4, -0.2) is 15.5 Å². The molecular formula is C17H17N3O2. The molecule has 0 aliphatic rings. The minimum absolute atomic E-state index is 0.221. The molecule has 0 aliphatic carbocycles. The molecule has 22 heavy (non-hydrogen) atoms.